The lowest BCUT2D eigenvalue weighted by Gasteiger charge is -2.34. The Morgan fingerprint density at radius 3 is 2.35 bits per heavy atom. The van der Waals surface area contributed by atoms with Crippen molar-refractivity contribution in [2.24, 2.45) is 0 Å². The summed E-state index contributed by atoms with van der Waals surface area (Å²) in [7, 11) is 1.60. The predicted molar refractivity (Wildman–Crippen MR) is 74.8 cm³/mol. The van der Waals surface area contributed by atoms with Crippen molar-refractivity contribution < 1.29 is 24.2 Å². The summed E-state index contributed by atoms with van der Waals surface area (Å²) in [5, 5.41) is 11.5. The summed E-state index contributed by atoms with van der Waals surface area (Å²) in [4.78, 5) is 24.0. The van der Waals surface area contributed by atoms with Crippen LogP contribution in [0.1, 0.15) is 27.2 Å². The number of carboxylic acids is 1. The van der Waals surface area contributed by atoms with Crippen LogP contribution in [0.15, 0.2) is 0 Å². The molecular weight excluding hydrogens is 264 g/mol. The molecule has 0 atom stereocenters. The molecule has 0 fully saturated rings. The van der Waals surface area contributed by atoms with Gasteiger partial charge < -0.3 is 24.8 Å². The van der Waals surface area contributed by atoms with E-state index in [0.717, 1.165) is 0 Å². The standard InChI is InChI=1S/C13H26N2O5/c1-13(2,3)15(10-11(16)17)12(18)14-6-5-7-20-9-8-19-4/h5-10H2,1-4H3,(H,14,18)(H,16,17). The lowest BCUT2D eigenvalue weighted by atomic mass is 10.1. The zero-order chi connectivity index (χ0) is 15.6. The largest absolute Gasteiger partial charge is 0.480 e. The van der Waals surface area contributed by atoms with Gasteiger partial charge in [-0.25, -0.2) is 4.79 Å². The van der Waals surface area contributed by atoms with E-state index < -0.39 is 11.5 Å². The summed E-state index contributed by atoms with van der Waals surface area (Å²) in [6, 6.07) is -0.378. The first-order valence-electron chi connectivity index (χ1n) is 6.63. The lowest BCUT2D eigenvalue weighted by molar-refractivity contribution is -0.138. The molecule has 0 spiro atoms. The maximum atomic E-state index is 12.0. The highest BCUT2D eigenvalue weighted by atomic mass is 16.5. The maximum absolute atomic E-state index is 12.0. The van der Waals surface area contributed by atoms with Gasteiger partial charge in [-0.15, -0.1) is 0 Å². The molecule has 0 aromatic carbocycles. The van der Waals surface area contributed by atoms with E-state index in [-0.39, 0.29) is 12.6 Å². The Labute approximate surface area is 120 Å². The molecular formula is C13H26N2O5. The van der Waals surface area contributed by atoms with Crippen molar-refractivity contribution in [3.63, 3.8) is 0 Å². The second-order valence-corrected chi connectivity index (χ2v) is 5.34. The molecule has 0 heterocycles. The number of carbonyl (C=O) groups is 2. The molecule has 7 nitrogen and oxygen atoms in total. The third-order valence-electron chi connectivity index (χ3n) is 2.52. The Kier molecular flexibility index (Phi) is 8.91. The van der Waals surface area contributed by atoms with Crippen molar-refractivity contribution in [3.05, 3.63) is 0 Å². The monoisotopic (exact) mass is 290 g/mol. The van der Waals surface area contributed by atoms with Gasteiger partial charge in [0.15, 0.2) is 0 Å². The van der Waals surface area contributed by atoms with E-state index in [1.807, 2.05) is 0 Å². The van der Waals surface area contributed by atoms with Crippen LogP contribution in [0.3, 0.4) is 0 Å². The molecule has 0 aliphatic rings. The third-order valence-corrected chi connectivity index (χ3v) is 2.52. The summed E-state index contributed by atoms with van der Waals surface area (Å²) < 4.78 is 10.1. The van der Waals surface area contributed by atoms with Crippen LogP contribution in [0.25, 0.3) is 0 Å². The van der Waals surface area contributed by atoms with Crippen LogP contribution in [0.4, 0.5) is 4.79 Å². The molecule has 0 rings (SSSR count). The molecule has 0 aliphatic heterocycles. The van der Waals surface area contributed by atoms with Gasteiger partial charge in [0.25, 0.3) is 0 Å². The number of hydrogen-bond donors (Lipinski definition) is 2. The van der Waals surface area contributed by atoms with Crippen LogP contribution in [-0.2, 0) is 14.3 Å². The minimum absolute atomic E-state index is 0.320. The molecule has 0 radical (unpaired) electrons. The molecule has 0 aromatic heterocycles. The number of nitrogens with one attached hydrogen (secondary N) is 1. The van der Waals surface area contributed by atoms with Gasteiger partial charge in [0, 0.05) is 25.8 Å². The van der Waals surface area contributed by atoms with Crippen molar-refractivity contribution in [3.8, 4) is 0 Å². The van der Waals surface area contributed by atoms with E-state index in [4.69, 9.17) is 14.6 Å². The van der Waals surface area contributed by atoms with Gasteiger partial charge in [-0.1, -0.05) is 0 Å². The molecule has 0 bridgehead atoms. The first-order chi connectivity index (χ1) is 9.29. The van der Waals surface area contributed by atoms with Gasteiger partial charge in [0.05, 0.1) is 13.2 Å². The van der Waals surface area contributed by atoms with Crippen molar-refractivity contribution in [1.82, 2.24) is 10.2 Å². The van der Waals surface area contributed by atoms with E-state index in [1.54, 1.807) is 27.9 Å². The topological polar surface area (TPSA) is 88.1 Å². The Morgan fingerprint density at radius 2 is 1.85 bits per heavy atom. The number of methoxy groups -OCH3 is 1. The van der Waals surface area contributed by atoms with Crippen LogP contribution >= 0.6 is 0 Å². The second-order valence-electron chi connectivity index (χ2n) is 5.34. The number of urea groups is 1. The minimum Gasteiger partial charge on any atom is -0.480 e. The average Bonchev–Trinajstić information content (AvgIpc) is 2.33. The quantitative estimate of drug-likeness (QED) is 0.617. The summed E-state index contributed by atoms with van der Waals surface area (Å²) in [6.07, 6.45) is 0.667. The van der Waals surface area contributed by atoms with Crippen molar-refractivity contribution in [1.29, 1.82) is 0 Å². The van der Waals surface area contributed by atoms with Gasteiger partial charge in [-0.05, 0) is 27.2 Å². The highest BCUT2D eigenvalue weighted by molar-refractivity contribution is 5.80. The number of carbonyl (C=O) groups excluding carboxylic acids is 1. The van der Waals surface area contributed by atoms with Crippen LogP contribution in [0.2, 0.25) is 0 Å². The first-order valence-corrected chi connectivity index (χ1v) is 6.63. The summed E-state index contributed by atoms with van der Waals surface area (Å²) in [5.41, 5.74) is -0.544. The number of aliphatic carboxylic acids is 1. The SMILES string of the molecule is COCCOCCCNC(=O)N(CC(=O)O)C(C)(C)C. The molecule has 2 N–H and O–H groups in total. The van der Waals surface area contributed by atoms with Crippen molar-refractivity contribution in [2.45, 2.75) is 32.7 Å². The molecule has 0 aliphatic carbocycles. The molecule has 20 heavy (non-hydrogen) atoms. The van der Waals surface area contributed by atoms with Crippen LogP contribution in [-0.4, -0.2) is 67.6 Å². The summed E-state index contributed by atoms with van der Waals surface area (Å²) >= 11 is 0. The normalized spacial score (nSPS) is 11.2. The third kappa shape index (κ3) is 8.71. The molecule has 0 aromatic rings. The molecule has 0 saturated heterocycles. The highest BCUT2D eigenvalue weighted by Crippen LogP contribution is 2.12. The zero-order valence-electron chi connectivity index (χ0n) is 12.8. The summed E-state index contributed by atoms with van der Waals surface area (Å²) in [6.45, 7) is 7.10. The average molecular weight is 290 g/mol. The van der Waals surface area contributed by atoms with E-state index in [2.05, 4.69) is 5.32 Å². The second kappa shape index (κ2) is 9.55. The number of rotatable bonds is 9. The summed E-state index contributed by atoms with van der Waals surface area (Å²) in [5.74, 6) is -1.03. The lowest BCUT2D eigenvalue weighted by Crippen LogP contribution is -2.52. The molecule has 2 amide bonds. The Morgan fingerprint density at radius 1 is 1.20 bits per heavy atom. The fraction of sp³-hybridized carbons (Fsp3) is 0.846. The Hall–Kier alpha value is -1.34. The van der Waals surface area contributed by atoms with E-state index >= 15 is 0 Å². The number of nitrogens with zero attached hydrogens (tertiary/aromatic N) is 1. The highest BCUT2D eigenvalue weighted by Gasteiger charge is 2.27. The van der Waals surface area contributed by atoms with Gasteiger partial charge in [-0.2, -0.15) is 0 Å². The maximum Gasteiger partial charge on any atom is 0.323 e. The molecule has 118 valence electrons. The fourth-order valence-electron chi connectivity index (χ4n) is 1.46. The van der Waals surface area contributed by atoms with Crippen molar-refractivity contribution >= 4 is 12.0 Å². The number of amides is 2. The molecule has 7 heteroatoms. The van der Waals surface area contributed by atoms with E-state index in [0.29, 0.717) is 32.8 Å². The number of hydrogen-bond acceptors (Lipinski definition) is 4. The van der Waals surface area contributed by atoms with Gasteiger partial charge in [0.1, 0.15) is 6.54 Å². The first kappa shape index (κ1) is 18.7. The fourth-order valence-corrected chi connectivity index (χ4v) is 1.46. The van der Waals surface area contributed by atoms with Crippen LogP contribution in [0, 0.1) is 0 Å². The Bertz CT molecular complexity index is 302. The van der Waals surface area contributed by atoms with Gasteiger partial charge in [0.2, 0.25) is 0 Å². The van der Waals surface area contributed by atoms with Gasteiger partial charge >= 0.3 is 12.0 Å². The molecule has 0 saturated carbocycles. The van der Waals surface area contributed by atoms with Crippen LogP contribution < -0.4 is 5.32 Å². The number of carboxylic acid groups (broad SMARTS) is 1. The van der Waals surface area contributed by atoms with Crippen LogP contribution in [0.5, 0.6) is 0 Å². The Balaban J connectivity index is 3.99. The predicted octanol–water partition coefficient (Wildman–Crippen LogP) is 0.934. The number of ether oxygens (including phenoxy) is 2. The van der Waals surface area contributed by atoms with Gasteiger partial charge in [-0.3, -0.25) is 4.79 Å². The van der Waals surface area contributed by atoms with E-state index in [9.17, 15) is 9.59 Å². The molecule has 0 unspecified atom stereocenters. The minimum atomic E-state index is -1.03. The zero-order valence-corrected chi connectivity index (χ0v) is 12.8. The smallest absolute Gasteiger partial charge is 0.323 e. The van der Waals surface area contributed by atoms with Crippen molar-refractivity contribution in [2.75, 3.05) is 40.0 Å². The van der Waals surface area contributed by atoms with E-state index in [1.165, 1.54) is 4.90 Å².